The highest BCUT2D eigenvalue weighted by molar-refractivity contribution is 6.06. The average Bonchev–Trinajstić information content (AvgIpc) is 3.64. The molecule has 0 spiro atoms. The zero-order valence-corrected chi connectivity index (χ0v) is 22.0. The summed E-state index contributed by atoms with van der Waals surface area (Å²) in [4.78, 5) is 25.6. The van der Waals surface area contributed by atoms with E-state index in [4.69, 9.17) is 4.74 Å². The molecule has 12 nitrogen and oxygen atoms in total. The third-order valence-electron chi connectivity index (χ3n) is 5.07. The van der Waals surface area contributed by atoms with Crippen molar-refractivity contribution in [2.45, 2.75) is 27.7 Å². The molecule has 0 unspecified atom stereocenters. The van der Waals surface area contributed by atoms with Gasteiger partial charge in [-0.15, -0.1) is 5.10 Å². The Kier molecular flexibility index (Phi) is 8.56. The number of imidazole rings is 1. The summed E-state index contributed by atoms with van der Waals surface area (Å²) in [5.41, 5.74) is 1.21. The summed E-state index contributed by atoms with van der Waals surface area (Å²) in [5.74, 6) is 0.961. The van der Waals surface area contributed by atoms with Gasteiger partial charge in [-0.3, -0.25) is 4.68 Å². The van der Waals surface area contributed by atoms with Crippen LogP contribution < -0.4 is 10.1 Å². The first-order valence-corrected chi connectivity index (χ1v) is 11.9. The van der Waals surface area contributed by atoms with Crippen LogP contribution in [0.15, 0.2) is 49.2 Å². The number of ether oxygens (including phenoxy) is 1. The van der Waals surface area contributed by atoms with E-state index in [9.17, 15) is 9.90 Å². The van der Waals surface area contributed by atoms with Crippen LogP contribution in [0.4, 0.5) is 11.6 Å². The third kappa shape index (κ3) is 5.42. The van der Waals surface area contributed by atoms with Crippen LogP contribution in [0.3, 0.4) is 0 Å². The Morgan fingerprint density at radius 1 is 1.03 bits per heavy atom. The maximum Gasteiger partial charge on any atom is 0.338 e. The number of carboxylic acid groups (broad SMARTS) is 1. The first-order valence-electron chi connectivity index (χ1n) is 11.9. The van der Waals surface area contributed by atoms with Gasteiger partial charge in [0.05, 0.1) is 18.4 Å². The molecule has 5 heterocycles. The summed E-state index contributed by atoms with van der Waals surface area (Å²) in [5, 5.41) is 22.1. The van der Waals surface area contributed by atoms with Gasteiger partial charge in [-0.25, -0.2) is 24.3 Å². The smallest absolute Gasteiger partial charge is 0.338 e. The first kappa shape index (κ1) is 26.9. The van der Waals surface area contributed by atoms with E-state index in [-0.39, 0.29) is 16.9 Å². The van der Waals surface area contributed by atoms with Gasteiger partial charge in [-0.05, 0) is 12.1 Å². The summed E-state index contributed by atoms with van der Waals surface area (Å²) < 4.78 is 10.1. The molecule has 0 fully saturated rings. The fourth-order valence-electron chi connectivity index (χ4n) is 3.54. The summed E-state index contributed by atoms with van der Waals surface area (Å²) in [7, 11) is 5.14. The number of nitrogens with one attached hydrogen (secondary N) is 1. The van der Waals surface area contributed by atoms with Gasteiger partial charge in [0.1, 0.15) is 17.1 Å². The molecule has 0 saturated heterocycles. The fourth-order valence-corrected chi connectivity index (χ4v) is 3.54. The highest BCUT2D eigenvalue weighted by Gasteiger charge is 2.26. The average molecular weight is 506 g/mol. The van der Waals surface area contributed by atoms with E-state index in [1.807, 2.05) is 34.7 Å². The zero-order valence-electron chi connectivity index (χ0n) is 22.0. The molecule has 12 heteroatoms. The predicted molar refractivity (Wildman–Crippen MR) is 141 cm³/mol. The van der Waals surface area contributed by atoms with Crippen molar-refractivity contribution in [3.63, 3.8) is 0 Å². The second-order valence-electron chi connectivity index (χ2n) is 7.24. The van der Waals surface area contributed by atoms with Crippen LogP contribution in [-0.2, 0) is 14.1 Å². The molecule has 5 rings (SSSR count). The van der Waals surface area contributed by atoms with Crippen molar-refractivity contribution >= 4 is 23.1 Å². The van der Waals surface area contributed by atoms with Crippen LogP contribution in [0, 0.1) is 0 Å². The van der Waals surface area contributed by atoms with Crippen LogP contribution in [-0.4, -0.2) is 57.1 Å². The molecule has 0 aliphatic carbocycles. The van der Waals surface area contributed by atoms with E-state index in [0.717, 1.165) is 0 Å². The molecule has 2 N–H and O–H groups in total. The van der Waals surface area contributed by atoms with Gasteiger partial charge in [0.2, 0.25) is 5.82 Å². The number of methoxy groups -OCH3 is 1. The Morgan fingerprint density at radius 2 is 1.78 bits per heavy atom. The van der Waals surface area contributed by atoms with Crippen molar-refractivity contribution in [2.75, 3.05) is 12.4 Å². The quantitative estimate of drug-likeness (QED) is 0.343. The lowest BCUT2D eigenvalue weighted by molar-refractivity contribution is 0.0700. The van der Waals surface area contributed by atoms with E-state index in [1.165, 1.54) is 4.52 Å². The Morgan fingerprint density at radius 3 is 2.38 bits per heavy atom. The summed E-state index contributed by atoms with van der Waals surface area (Å²) in [6.07, 6.45) is 8.36. The monoisotopic (exact) mass is 505 g/mol. The summed E-state index contributed by atoms with van der Waals surface area (Å²) in [6, 6.07) is 5.13. The molecule has 5 aromatic heterocycles. The van der Waals surface area contributed by atoms with E-state index in [2.05, 4.69) is 30.5 Å². The van der Waals surface area contributed by atoms with E-state index in [0.29, 0.717) is 34.5 Å². The largest absolute Gasteiger partial charge is 0.497 e. The van der Waals surface area contributed by atoms with Crippen LogP contribution in [0.1, 0.15) is 38.1 Å². The Hall–Kier alpha value is -4.74. The Bertz CT molecular complexity index is 1500. The topological polar surface area (TPSA) is 137 Å². The lowest BCUT2D eigenvalue weighted by Gasteiger charge is -2.11. The molecule has 0 aliphatic rings. The first-order chi connectivity index (χ1) is 17.9. The molecule has 0 aromatic carbocycles. The highest BCUT2D eigenvalue weighted by Crippen LogP contribution is 2.33. The van der Waals surface area contributed by atoms with Crippen molar-refractivity contribution in [1.82, 2.24) is 38.9 Å². The Balaban J connectivity index is 0.000000907. The van der Waals surface area contributed by atoms with E-state index in [1.54, 1.807) is 72.6 Å². The minimum atomic E-state index is -1.13. The summed E-state index contributed by atoms with van der Waals surface area (Å²) in [6.45, 7) is 8.00. The molecule has 5 aromatic rings. The van der Waals surface area contributed by atoms with E-state index >= 15 is 0 Å². The molecule has 0 radical (unpaired) electrons. The number of nitrogens with zero attached hydrogens (tertiary/aromatic N) is 8. The fraction of sp³-hybridized carbons (Fsp3) is 0.280. The normalized spacial score (nSPS) is 10.2. The number of fused-ring (bicyclic) bond motifs is 1. The SMILES string of the molecule is CC.CC.COc1ccnc(Nc2nc(-c3nccn3C)nn3cc(-c4ccn(C)n4)c(C(=O)O)c23)c1. The number of aromatic nitrogens is 8. The van der Waals surface area contributed by atoms with Crippen molar-refractivity contribution in [3.8, 4) is 28.7 Å². The molecule has 194 valence electrons. The van der Waals surface area contributed by atoms with Gasteiger partial charge in [-0.2, -0.15) is 5.10 Å². The lowest BCUT2D eigenvalue weighted by atomic mass is 10.1. The number of carbonyl (C=O) groups is 1. The van der Waals surface area contributed by atoms with Gasteiger partial charge < -0.3 is 19.7 Å². The standard InChI is InChI=1S/C21H19N9O3.2C2H6/c1-28-9-7-23-20(28)19-25-18(24-15-10-12(33-3)4-6-22-15)17-16(21(31)32)13(11-30(17)27-19)14-5-8-29(2)26-14;2*1-2/h4-11H,1-3H3,(H,31,32)(H,22,24,25,27);2*1-2H3. The number of aryl methyl sites for hydroxylation is 2. The number of aromatic carboxylic acids is 1. The van der Waals surface area contributed by atoms with Gasteiger partial charge in [0.15, 0.2) is 11.6 Å². The zero-order chi connectivity index (χ0) is 27.1. The van der Waals surface area contributed by atoms with Crippen molar-refractivity contribution in [1.29, 1.82) is 0 Å². The lowest BCUT2D eigenvalue weighted by Crippen LogP contribution is -2.08. The highest BCUT2D eigenvalue weighted by atomic mass is 16.5. The molecule has 0 atom stereocenters. The number of carboxylic acids is 1. The molecule has 0 bridgehead atoms. The summed E-state index contributed by atoms with van der Waals surface area (Å²) >= 11 is 0. The molecule has 37 heavy (non-hydrogen) atoms. The van der Waals surface area contributed by atoms with Crippen molar-refractivity contribution < 1.29 is 14.6 Å². The van der Waals surface area contributed by atoms with Gasteiger partial charge >= 0.3 is 5.97 Å². The maximum absolute atomic E-state index is 12.4. The second-order valence-corrected chi connectivity index (χ2v) is 7.24. The number of hydrogen-bond acceptors (Lipinski definition) is 8. The van der Waals surface area contributed by atoms with Gasteiger partial charge in [0, 0.05) is 56.7 Å². The predicted octanol–water partition coefficient (Wildman–Crippen LogP) is 4.43. The van der Waals surface area contributed by atoms with Crippen LogP contribution in [0.25, 0.3) is 28.4 Å². The molecule has 0 saturated carbocycles. The third-order valence-corrected chi connectivity index (χ3v) is 5.07. The van der Waals surface area contributed by atoms with Crippen LogP contribution >= 0.6 is 0 Å². The second kappa shape index (κ2) is 11.8. The van der Waals surface area contributed by atoms with Gasteiger partial charge in [0.25, 0.3) is 0 Å². The maximum atomic E-state index is 12.4. The minimum Gasteiger partial charge on any atom is -0.497 e. The minimum absolute atomic E-state index is 0.0190. The molecule has 0 amide bonds. The number of hydrogen-bond donors (Lipinski definition) is 2. The number of anilines is 2. The number of pyridine rings is 1. The molecule has 0 aliphatic heterocycles. The van der Waals surface area contributed by atoms with Crippen LogP contribution in [0.5, 0.6) is 5.75 Å². The molecular weight excluding hydrogens is 474 g/mol. The van der Waals surface area contributed by atoms with Crippen molar-refractivity contribution in [2.24, 2.45) is 14.1 Å². The van der Waals surface area contributed by atoms with Gasteiger partial charge in [-0.1, -0.05) is 27.7 Å². The Labute approximate surface area is 214 Å². The van der Waals surface area contributed by atoms with E-state index < -0.39 is 5.97 Å². The van der Waals surface area contributed by atoms with Crippen LogP contribution in [0.2, 0.25) is 0 Å². The number of rotatable bonds is 6. The van der Waals surface area contributed by atoms with Crippen molar-refractivity contribution in [3.05, 3.63) is 54.7 Å². The molecular formula is C25H31N9O3.